The van der Waals surface area contributed by atoms with Crippen molar-refractivity contribution < 1.29 is 4.79 Å². The van der Waals surface area contributed by atoms with Gasteiger partial charge in [-0.2, -0.15) is 0 Å². The molecule has 0 saturated carbocycles. The van der Waals surface area contributed by atoms with Gasteiger partial charge < -0.3 is 5.73 Å². The lowest BCUT2D eigenvalue weighted by Gasteiger charge is -2.29. The Morgan fingerprint density at radius 3 is 2.73 bits per heavy atom. The molecule has 3 rings (SSSR count). The normalized spacial score (nSPS) is 15.8. The maximum absolute atomic E-state index is 12.5. The van der Waals surface area contributed by atoms with Crippen molar-refractivity contribution in [2.24, 2.45) is 4.99 Å². The number of nitrogen functional groups attached to an aromatic ring is 1. The van der Waals surface area contributed by atoms with Gasteiger partial charge in [-0.3, -0.25) is 9.79 Å². The molecule has 0 fully saturated rings. The van der Waals surface area contributed by atoms with Gasteiger partial charge in [-0.1, -0.05) is 36.4 Å². The van der Waals surface area contributed by atoms with Gasteiger partial charge in [-0.25, -0.2) is 0 Å². The summed E-state index contributed by atoms with van der Waals surface area (Å²) in [6.07, 6.45) is 1.21. The van der Waals surface area contributed by atoms with E-state index in [1.165, 1.54) is 5.56 Å². The Bertz CT molecular complexity index is 760. The number of aliphatic imine (C=N–C) groups is 1. The van der Waals surface area contributed by atoms with Crippen LogP contribution in [0.3, 0.4) is 0 Å². The van der Waals surface area contributed by atoms with Gasteiger partial charge in [-0.05, 0) is 43.5 Å². The van der Waals surface area contributed by atoms with Crippen molar-refractivity contribution >= 4 is 17.2 Å². The van der Waals surface area contributed by atoms with E-state index in [-0.39, 0.29) is 11.3 Å². The Morgan fingerprint density at radius 1 is 1.18 bits per heavy atom. The number of Topliss-reactive ketones (excluding diaryl/α,β-unsaturated/α-hetero) is 1. The fourth-order valence-corrected chi connectivity index (χ4v) is 2.99. The standard InChI is InChI=1S/C19H20N2O/c1-19(2)12-14-6-3-4-9-16(14)17(21-19)11-18(22)13-7-5-8-15(20)10-13/h3-10H,11-12,20H2,1-2H3. The minimum absolute atomic E-state index is 0.0542. The smallest absolute Gasteiger partial charge is 0.168 e. The highest BCUT2D eigenvalue weighted by Crippen LogP contribution is 2.28. The summed E-state index contributed by atoms with van der Waals surface area (Å²) in [7, 11) is 0. The second-order valence-corrected chi connectivity index (χ2v) is 6.43. The molecular formula is C19H20N2O. The summed E-state index contributed by atoms with van der Waals surface area (Å²) < 4.78 is 0. The topological polar surface area (TPSA) is 55.5 Å². The number of carbonyl (C=O) groups excluding carboxylic acids is 1. The Labute approximate surface area is 130 Å². The van der Waals surface area contributed by atoms with E-state index in [0.29, 0.717) is 17.7 Å². The third-order valence-corrected chi connectivity index (χ3v) is 3.93. The fourth-order valence-electron chi connectivity index (χ4n) is 2.99. The van der Waals surface area contributed by atoms with E-state index >= 15 is 0 Å². The predicted octanol–water partition coefficient (Wildman–Crippen LogP) is 3.67. The number of ketones is 1. The summed E-state index contributed by atoms with van der Waals surface area (Å²) in [6.45, 7) is 4.21. The van der Waals surface area contributed by atoms with Crippen molar-refractivity contribution in [3.8, 4) is 0 Å². The maximum atomic E-state index is 12.5. The molecule has 1 aliphatic heterocycles. The van der Waals surface area contributed by atoms with Crippen molar-refractivity contribution in [2.75, 3.05) is 5.73 Å². The average molecular weight is 292 g/mol. The van der Waals surface area contributed by atoms with Crippen molar-refractivity contribution in [3.63, 3.8) is 0 Å². The van der Waals surface area contributed by atoms with Crippen LogP contribution in [-0.2, 0) is 6.42 Å². The third kappa shape index (κ3) is 2.93. The number of nitrogens with zero attached hydrogens (tertiary/aromatic N) is 1. The first-order valence-corrected chi connectivity index (χ1v) is 7.50. The van der Waals surface area contributed by atoms with Crippen LogP contribution < -0.4 is 5.73 Å². The van der Waals surface area contributed by atoms with E-state index in [1.54, 1.807) is 18.2 Å². The molecule has 2 aromatic rings. The SMILES string of the molecule is CC1(C)Cc2ccccc2C(CC(=O)c2cccc(N)c2)=N1. The van der Waals surface area contributed by atoms with Crippen molar-refractivity contribution in [2.45, 2.75) is 32.2 Å². The summed E-state index contributed by atoms with van der Waals surface area (Å²) in [4.78, 5) is 17.4. The molecule has 0 unspecified atom stereocenters. The van der Waals surface area contributed by atoms with E-state index in [4.69, 9.17) is 10.7 Å². The van der Waals surface area contributed by atoms with Gasteiger partial charge in [0.1, 0.15) is 0 Å². The van der Waals surface area contributed by atoms with Crippen LogP contribution in [0.4, 0.5) is 5.69 Å². The zero-order valence-electron chi connectivity index (χ0n) is 13.0. The quantitative estimate of drug-likeness (QED) is 0.693. The van der Waals surface area contributed by atoms with Crippen LogP contribution in [-0.4, -0.2) is 17.0 Å². The zero-order chi connectivity index (χ0) is 15.7. The molecule has 1 heterocycles. The number of nitrogens with two attached hydrogens (primary N) is 1. The molecule has 0 spiro atoms. The third-order valence-electron chi connectivity index (χ3n) is 3.93. The lowest BCUT2D eigenvalue weighted by molar-refractivity contribution is 0.100. The summed E-state index contributed by atoms with van der Waals surface area (Å²) in [6, 6.07) is 15.3. The molecule has 0 amide bonds. The van der Waals surface area contributed by atoms with Gasteiger partial charge in [0.25, 0.3) is 0 Å². The monoisotopic (exact) mass is 292 g/mol. The number of hydrogen-bond acceptors (Lipinski definition) is 3. The van der Waals surface area contributed by atoms with E-state index in [0.717, 1.165) is 17.7 Å². The van der Waals surface area contributed by atoms with Crippen LogP contribution in [0.2, 0.25) is 0 Å². The minimum Gasteiger partial charge on any atom is -0.399 e. The molecule has 0 radical (unpaired) electrons. The molecule has 2 aromatic carbocycles. The molecule has 3 nitrogen and oxygen atoms in total. The molecule has 1 aliphatic rings. The number of fused-ring (bicyclic) bond motifs is 1. The maximum Gasteiger partial charge on any atom is 0.168 e. The highest BCUT2D eigenvalue weighted by atomic mass is 16.1. The summed E-state index contributed by atoms with van der Waals surface area (Å²) >= 11 is 0. The number of anilines is 1. The first-order valence-electron chi connectivity index (χ1n) is 7.50. The van der Waals surface area contributed by atoms with Crippen molar-refractivity contribution in [1.29, 1.82) is 0 Å². The second kappa shape index (κ2) is 5.41. The molecule has 0 bridgehead atoms. The Morgan fingerprint density at radius 2 is 1.95 bits per heavy atom. The molecule has 0 atom stereocenters. The molecule has 112 valence electrons. The second-order valence-electron chi connectivity index (χ2n) is 6.43. The van der Waals surface area contributed by atoms with Gasteiger partial charge in [0.2, 0.25) is 0 Å². The fraction of sp³-hybridized carbons (Fsp3) is 0.263. The number of hydrogen-bond donors (Lipinski definition) is 1. The van der Waals surface area contributed by atoms with Crippen molar-refractivity contribution in [1.82, 2.24) is 0 Å². The Balaban J connectivity index is 1.93. The highest BCUT2D eigenvalue weighted by Gasteiger charge is 2.27. The number of benzene rings is 2. The lowest BCUT2D eigenvalue weighted by atomic mass is 9.85. The Kier molecular flexibility index (Phi) is 3.57. The van der Waals surface area contributed by atoms with Crippen LogP contribution in [0.1, 0.15) is 41.8 Å². The molecule has 22 heavy (non-hydrogen) atoms. The summed E-state index contributed by atoms with van der Waals surface area (Å²) in [5.41, 5.74) is 10.1. The van der Waals surface area contributed by atoms with Crippen molar-refractivity contribution in [3.05, 3.63) is 65.2 Å². The van der Waals surface area contributed by atoms with Crippen LogP contribution in [0.5, 0.6) is 0 Å². The summed E-state index contributed by atoms with van der Waals surface area (Å²) in [5.74, 6) is 0.0542. The van der Waals surface area contributed by atoms with Crippen LogP contribution in [0.25, 0.3) is 0 Å². The summed E-state index contributed by atoms with van der Waals surface area (Å²) in [5, 5.41) is 0. The van der Waals surface area contributed by atoms with E-state index < -0.39 is 0 Å². The lowest BCUT2D eigenvalue weighted by Crippen LogP contribution is -2.29. The van der Waals surface area contributed by atoms with Crippen LogP contribution >= 0.6 is 0 Å². The molecule has 0 saturated heterocycles. The minimum atomic E-state index is -0.167. The van der Waals surface area contributed by atoms with E-state index in [2.05, 4.69) is 26.0 Å². The van der Waals surface area contributed by atoms with Gasteiger partial charge in [0, 0.05) is 11.3 Å². The van der Waals surface area contributed by atoms with E-state index in [1.807, 2.05) is 18.2 Å². The Hall–Kier alpha value is -2.42. The molecular weight excluding hydrogens is 272 g/mol. The van der Waals surface area contributed by atoms with Gasteiger partial charge >= 0.3 is 0 Å². The van der Waals surface area contributed by atoms with Gasteiger partial charge in [0.15, 0.2) is 5.78 Å². The zero-order valence-corrected chi connectivity index (χ0v) is 13.0. The van der Waals surface area contributed by atoms with Crippen LogP contribution in [0, 0.1) is 0 Å². The van der Waals surface area contributed by atoms with Gasteiger partial charge in [-0.15, -0.1) is 0 Å². The molecule has 0 aromatic heterocycles. The van der Waals surface area contributed by atoms with Crippen LogP contribution in [0.15, 0.2) is 53.5 Å². The molecule has 2 N–H and O–H groups in total. The first kappa shape index (κ1) is 14.5. The molecule has 3 heteroatoms. The predicted molar refractivity (Wildman–Crippen MR) is 90.6 cm³/mol. The van der Waals surface area contributed by atoms with Gasteiger partial charge in [0.05, 0.1) is 17.7 Å². The number of rotatable bonds is 3. The number of carbonyl (C=O) groups is 1. The van der Waals surface area contributed by atoms with E-state index in [9.17, 15) is 4.79 Å². The average Bonchev–Trinajstić information content (AvgIpc) is 2.46. The largest absolute Gasteiger partial charge is 0.399 e. The molecule has 0 aliphatic carbocycles. The first-order chi connectivity index (χ1) is 10.4. The highest BCUT2D eigenvalue weighted by molar-refractivity contribution is 6.17.